The minimum atomic E-state index is 0.644. The minimum Gasteiger partial charge on any atom is -0.399 e. The summed E-state index contributed by atoms with van der Waals surface area (Å²) in [5, 5.41) is 0. The molecular weight excluding hydrogens is 444 g/mol. The van der Waals surface area contributed by atoms with Gasteiger partial charge in [-0.05, 0) is 42.0 Å². The van der Waals surface area contributed by atoms with E-state index in [1.54, 1.807) is 6.21 Å². The number of fused-ring (bicyclic) bond motifs is 1. The van der Waals surface area contributed by atoms with Crippen LogP contribution in [0.2, 0.25) is 0 Å². The molecule has 0 fully saturated rings. The van der Waals surface area contributed by atoms with Crippen LogP contribution in [0.15, 0.2) is 126 Å². The molecule has 5 aromatic rings. The maximum Gasteiger partial charge on any atom is 0.152 e. The second-order valence-corrected chi connectivity index (χ2v) is 8.70. The van der Waals surface area contributed by atoms with Crippen LogP contribution >= 0.6 is 0 Å². The first-order valence-corrected chi connectivity index (χ1v) is 12.0. The highest BCUT2D eigenvalue weighted by Gasteiger charge is 2.18. The van der Waals surface area contributed by atoms with Crippen molar-refractivity contribution in [2.24, 2.45) is 10.7 Å². The van der Waals surface area contributed by atoms with E-state index in [1.165, 1.54) is 0 Å². The summed E-state index contributed by atoms with van der Waals surface area (Å²) in [6.07, 6.45) is 8.37. The van der Waals surface area contributed by atoms with Gasteiger partial charge in [-0.25, -0.2) is 9.98 Å². The molecule has 36 heavy (non-hydrogen) atoms. The average Bonchev–Trinajstić information content (AvgIpc) is 3.46. The third kappa shape index (κ3) is 4.09. The highest BCUT2D eigenvalue weighted by Crippen LogP contribution is 2.30. The van der Waals surface area contributed by atoms with E-state index in [0.717, 1.165) is 51.0 Å². The zero-order valence-corrected chi connectivity index (χ0v) is 19.8. The van der Waals surface area contributed by atoms with E-state index in [4.69, 9.17) is 10.7 Å². The van der Waals surface area contributed by atoms with Crippen molar-refractivity contribution in [2.45, 2.75) is 13.0 Å². The third-order valence-corrected chi connectivity index (χ3v) is 6.30. The molecule has 0 radical (unpaired) electrons. The number of rotatable bonds is 6. The van der Waals surface area contributed by atoms with Gasteiger partial charge in [-0.2, -0.15) is 0 Å². The Hall–Kier alpha value is -4.84. The summed E-state index contributed by atoms with van der Waals surface area (Å²) in [6.45, 7) is 0.644. The SMILES string of the molecule is NC1=C(N(Cc2ccc(-c3nc4cc[nH]c4n3-c3ccccc3)cc2)c2ccccc2)N=CC=CC1. The number of hydrogen-bond donors (Lipinski definition) is 2. The highest BCUT2D eigenvalue weighted by atomic mass is 15.2. The molecular formula is C30H26N6. The first kappa shape index (κ1) is 21.7. The Kier molecular flexibility index (Phi) is 5.68. The van der Waals surface area contributed by atoms with E-state index in [9.17, 15) is 0 Å². The number of nitrogens with zero attached hydrogens (tertiary/aromatic N) is 4. The molecule has 3 heterocycles. The van der Waals surface area contributed by atoms with Gasteiger partial charge in [0.2, 0.25) is 0 Å². The highest BCUT2D eigenvalue weighted by molar-refractivity contribution is 5.80. The Balaban J connectivity index is 1.36. The lowest BCUT2D eigenvalue weighted by molar-refractivity contribution is 0.872. The number of benzene rings is 3. The minimum absolute atomic E-state index is 0.644. The maximum atomic E-state index is 6.43. The molecule has 0 saturated carbocycles. The van der Waals surface area contributed by atoms with Crippen molar-refractivity contribution in [1.82, 2.24) is 14.5 Å². The molecule has 0 bridgehead atoms. The third-order valence-electron chi connectivity index (χ3n) is 6.30. The van der Waals surface area contributed by atoms with Gasteiger partial charge in [-0.15, -0.1) is 0 Å². The fraction of sp³-hybridized carbons (Fsp3) is 0.0667. The summed E-state index contributed by atoms with van der Waals surface area (Å²) in [4.78, 5) is 15.1. The van der Waals surface area contributed by atoms with E-state index in [-0.39, 0.29) is 0 Å². The van der Waals surface area contributed by atoms with Crippen LogP contribution in [0, 0.1) is 0 Å². The standard InChI is InChI=1S/C30H26N6/c31-26-13-7-8-19-32-29(26)35(24-9-3-1-4-10-24)21-22-14-16-23(17-15-22)28-34-27-18-20-33-30(27)36(28)25-11-5-2-6-12-25/h1-12,14-20,33H,13,21,31H2. The van der Waals surface area contributed by atoms with Crippen LogP contribution < -0.4 is 10.6 Å². The van der Waals surface area contributed by atoms with Crippen LogP contribution in [0.25, 0.3) is 28.2 Å². The van der Waals surface area contributed by atoms with Crippen molar-refractivity contribution in [3.63, 3.8) is 0 Å². The number of aliphatic imine (C=N–C) groups is 1. The Morgan fingerprint density at radius 3 is 2.42 bits per heavy atom. The monoisotopic (exact) mass is 470 g/mol. The van der Waals surface area contributed by atoms with Gasteiger partial charge in [0.25, 0.3) is 0 Å². The molecule has 1 aliphatic rings. The van der Waals surface area contributed by atoms with E-state index < -0.39 is 0 Å². The summed E-state index contributed by atoms with van der Waals surface area (Å²) >= 11 is 0. The van der Waals surface area contributed by atoms with Crippen LogP contribution in [-0.4, -0.2) is 20.7 Å². The summed E-state index contributed by atoms with van der Waals surface area (Å²) < 4.78 is 2.17. The number of aromatic amines is 1. The van der Waals surface area contributed by atoms with Crippen molar-refractivity contribution in [2.75, 3.05) is 4.90 Å². The van der Waals surface area contributed by atoms with Gasteiger partial charge < -0.3 is 15.6 Å². The van der Waals surface area contributed by atoms with Crippen molar-refractivity contribution in [3.05, 3.63) is 126 Å². The Morgan fingerprint density at radius 1 is 0.889 bits per heavy atom. The number of H-pyrrole nitrogens is 1. The van der Waals surface area contributed by atoms with Gasteiger partial charge in [0, 0.05) is 42.3 Å². The number of anilines is 1. The molecule has 0 amide bonds. The fourth-order valence-corrected chi connectivity index (χ4v) is 4.54. The molecule has 0 saturated heterocycles. The van der Waals surface area contributed by atoms with Crippen molar-refractivity contribution in [3.8, 4) is 17.1 Å². The molecule has 6 nitrogen and oxygen atoms in total. The molecule has 0 spiro atoms. The van der Waals surface area contributed by atoms with Gasteiger partial charge in [-0.3, -0.25) is 4.57 Å². The molecule has 176 valence electrons. The second kappa shape index (κ2) is 9.43. The molecule has 3 aromatic carbocycles. The zero-order chi connectivity index (χ0) is 24.3. The lowest BCUT2D eigenvalue weighted by Gasteiger charge is -2.26. The normalized spacial score (nSPS) is 13.3. The van der Waals surface area contributed by atoms with Crippen molar-refractivity contribution >= 4 is 23.1 Å². The van der Waals surface area contributed by atoms with Crippen LogP contribution in [0.5, 0.6) is 0 Å². The molecule has 0 atom stereocenters. The molecule has 2 aromatic heterocycles. The van der Waals surface area contributed by atoms with Gasteiger partial charge in [0.15, 0.2) is 5.82 Å². The second-order valence-electron chi connectivity index (χ2n) is 8.70. The molecule has 6 heteroatoms. The van der Waals surface area contributed by atoms with Crippen LogP contribution in [0.1, 0.15) is 12.0 Å². The number of hydrogen-bond acceptors (Lipinski definition) is 4. The predicted molar refractivity (Wildman–Crippen MR) is 147 cm³/mol. The first-order chi connectivity index (χ1) is 17.8. The predicted octanol–water partition coefficient (Wildman–Crippen LogP) is 6.19. The fourth-order valence-electron chi connectivity index (χ4n) is 4.54. The number of para-hydroxylation sites is 2. The Labute approximate surface area is 209 Å². The molecule has 3 N–H and O–H groups in total. The quantitative estimate of drug-likeness (QED) is 0.311. The van der Waals surface area contributed by atoms with Gasteiger partial charge in [0.1, 0.15) is 17.0 Å². The summed E-state index contributed by atoms with van der Waals surface area (Å²) in [5.41, 5.74) is 13.4. The van der Waals surface area contributed by atoms with E-state index in [1.807, 2.05) is 60.8 Å². The largest absolute Gasteiger partial charge is 0.399 e. The average molecular weight is 471 g/mol. The van der Waals surface area contributed by atoms with E-state index in [2.05, 4.69) is 68.0 Å². The van der Waals surface area contributed by atoms with Crippen LogP contribution in [0.4, 0.5) is 5.69 Å². The van der Waals surface area contributed by atoms with Crippen molar-refractivity contribution in [1.29, 1.82) is 0 Å². The Bertz CT molecular complexity index is 1570. The molecule has 1 aliphatic heterocycles. The van der Waals surface area contributed by atoms with Crippen LogP contribution in [-0.2, 0) is 6.54 Å². The summed E-state index contributed by atoms with van der Waals surface area (Å²) in [7, 11) is 0. The number of aromatic nitrogens is 3. The summed E-state index contributed by atoms with van der Waals surface area (Å²) in [6, 6.07) is 31.1. The summed E-state index contributed by atoms with van der Waals surface area (Å²) in [5.74, 6) is 1.69. The topological polar surface area (TPSA) is 75.2 Å². The number of allylic oxidation sites excluding steroid dienone is 2. The lowest BCUT2D eigenvalue weighted by Crippen LogP contribution is -2.24. The van der Waals surface area contributed by atoms with Crippen LogP contribution in [0.3, 0.4) is 0 Å². The molecule has 6 rings (SSSR count). The lowest BCUT2D eigenvalue weighted by atomic mass is 10.1. The van der Waals surface area contributed by atoms with Crippen molar-refractivity contribution < 1.29 is 0 Å². The maximum absolute atomic E-state index is 6.43. The number of imidazole rings is 1. The smallest absolute Gasteiger partial charge is 0.152 e. The van der Waals surface area contributed by atoms with Gasteiger partial charge in [0.05, 0.1) is 5.70 Å². The van der Waals surface area contributed by atoms with Gasteiger partial charge >= 0.3 is 0 Å². The van der Waals surface area contributed by atoms with Gasteiger partial charge in [-0.1, -0.05) is 66.7 Å². The van der Waals surface area contributed by atoms with E-state index >= 15 is 0 Å². The van der Waals surface area contributed by atoms with E-state index in [0.29, 0.717) is 13.0 Å². The number of nitrogens with one attached hydrogen (secondary N) is 1. The first-order valence-electron chi connectivity index (χ1n) is 12.0. The molecule has 0 unspecified atom stereocenters. The Morgan fingerprint density at radius 2 is 1.64 bits per heavy atom. The number of nitrogens with two attached hydrogens (primary N) is 1. The molecule has 0 aliphatic carbocycles. The zero-order valence-electron chi connectivity index (χ0n) is 19.8.